The van der Waals surface area contributed by atoms with Gasteiger partial charge >= 0.3 is 6.03 Å². The molecule has 0 aromatic carbocycles. The molecule has 0 atom stereocenters. The molecule has 0 spiro atoms. The summed E-state index contributed by atoms with van der Waals surface area (Å²) in [7, 11) is 0. The molecule has 0 radical (unpaired) electrons. The minimum Gasteiger partial charge on any atom is -0.361 e. The third-order valence-corrected chi connectivity index (χ3v) is 4.13. The monoisotopic (exact) mass is 329 g/mol. The Balaban J connectivity index is 1.37. The largest absolute Gasteiger partial charge is 0.361 e. The van der Waals surface area contributed by atoms with Crippen LogP contribution in [0.3, 0.4) is 0 Å². The van der Waals surface area contributed by atoms with Crippen LogP contribution in [0.2, 0.25) is 0 Å². The quantitative estimate of drug-likeness (QED) is 0.899. The molecule has 1 fully saturated rings. The lowest BCUT2D eigenvalue weighted by Crippen LogP contribution is -2.51. The standard InChI is InChI=1S/C17H23N5O2/c1-14-11-16(20-24-14)13-21-7-9-22(10-8-21)17(23)19-6-4-15-3-2-5-18-12-15/h2-3,5,11-12H,4,6-10,13H2,1H3,(H,19,23). The van der Waals surface area contributed by atoms with Crippen molar-refractivity contribution < 1.29 is 9.32 Å². The number of urea groups is 1. The van der Waals surface area contributed by atoms with Crippen molar-refractivity contribution in [3.63, 3.8) is 0 Å². The molecule has 1 N–H and O–H groups in total. The van der Waals surface area contributed by atoms with E-state index >= 15 is 0 Å². The second kappa shape index (κ2) is 7.92. The summed E-state index contributed by atoms with van der Waals surface area (Å²) in [5, 5.41) is 7.00. The zero-order valence-electron chi connectivity index (χ0n) is 13.9. The number of nitrogens with zero attached hydrogens (tertiary/aromatic N) is 4. The molecule has 2 aromatic rings. The molecule has 0 saturated carbocycles. The van der Waals surface area contributed by atoms with Crippen molar-refractivity contribution in [2.75, 3.05) is 32.7 Å². The molecule has 2 aromatic heterocycles. The van der Waals surface area contributed by atoms with Crippen LogP contribution >= 0.6 is 0 Å². The molecule has 3 heterocycles. The fraction of sp³-hybridized carbons (Fsp3) is 0.471. The number of carbonyl (C=O) groups excluding carboxylic acids is 1. The van der Waals surface area contributed by atoms with Crippen molar-refractivity contribution in [1.29, 1.82) is 0 Å². The highest BCUT2D eigenvalue weighted by atomic mass is 16.5. The summed E-state index contributed by atoms with van der Waals surface area (Å²) in [6.45, 7) is 6.45. The zero-order valence-corrected chi connectivity index (χ0v) is 13.9. The number of carbonyl (C=O) groups is 1. The van der Waals surface area contributed by atoms with Gasteiger partial charge in [0, 0.05) is 57.7 Å². The van der Waals surface area contributed by atoms with E-state index in [2.05, 4.69) is 20.4 Å². The van der Waals surface area contributed by atoms with Crippen molar-refractivity contribution in [3.8, 4) is 0 Å². The van der Waals surface area contributed by atoms with E-state index in [9.17, 15) is 4.79 Å². The van der Waals surface area contributed by atoms with Crippen LogP contribution in [0.4, 0.5) is 4.79 Å². The highest BCUT2D eigenvalue weighted by Crippen LogP contribution is 2.09. The smallest absolute Gasteiger partial charge is 0.317 e. The van der Waals surface area contributed by atoms with Crippen LogP contribution in [0, 0.1) is 6.92 Å². The average molecular weight is 329 g/mol. The van der Waals surface area contributed by atoms with Gasteiger partial charge in [0.1, 0.15) is 5.76 Å². The number of hydrogen-bond donors (Lipinski definition) is 1. The number of aryl methyl sites for hydroxylation is 1. The summed E-state index contributed by atoms with van der Waals surface area (Å²) in [4.78, 5) is 20.4. The molecule has 128 valence electrons. The number of piperazine rings is 1. The van der Waals surface area contributed by atoms with Gasteiger partial charge in [0.05, 0.1) is 5.69 Å². The molecule has 0 bridgehead atoms. The first-order chi connectivity index (χ1) is 11.7. The number of aromatic nitrogens is 2. The molecule has 7 nitrogen and oxygen atoms in total. The second-order valence-electron chi connectivity index (χ2n) is 6.04. The normalized spacial score (nSPS) is 15.5. The predicted molar refractivity (Wildman–Crippen MR) is 89.4 cm³/mol. The van der Waals surface area contributed by atoms with Crippen LogP contribution in [-0.4, -0.2) is 58.7 Å². The SMILES string of the molecule is Cc1cc(CN2CCN(C(=O)NCCc3cccnc3)CC2)no1. The van der Waals surface area contributed by atoms with Crippen molar-refractivity contribution in [1.82, 2.24) is 25.3 Å². The van der Waals surface area contributed by atoms with Crippen LogP contribution in [-0.2, 0) is 13.0 Å². The molecular weight excluding hydrogens is 306 g/mol. The summed E-state index contributed by atoms with van der Waals surface area (Å²) in [6.07, 6.45) is 4.38. The maximum absolute atomic E-state index is 12.2. The van der Waals surface area contributed by atoms with Gasteiger partial charge in [-0.1, -0.05) is 11.2 Å². The molecule has 24 heavy (non-hydrogen) atoms. The van der Waals surface area contributed by atoms with Crippen LogP contribution in [0.1, 0.15) is 17.0 Å². The molecule has 0 unspecified atom stereocenters. The highest BCUT2D eigenvalue weighted by Gasteiger charge is 2.21. The fourth-order valence-corrected chi connectivity index (χ4v) is 2.80. The van der Waals surface area contributed by atoms with E-state index in [0.717, 1.165) is 56.2 Å². The Kier molecular flexibility index (Phi) is 5.43. The molecule has 1 aliphatic rings. The Bertz CT molecular complexity index is 650. The summed E-state index contributed by atoms with van der Waals surface area (Å²) >= 11 is 0. The average Bonchev–Trinajstić information content (AvgIpc) is 3.01. The van der Waals surface area contributed by atoms with E-state index < -0.39 is 0 Å². The van der Waals surface area contributed by atoms with Crippen molar-refractivity contribution in [2.24, 2.45) is 0 Å². The summed E-state index contributed by atoms with van der Waals surface area (Å²) in [5.74, 6) is 0.830. The Morgan fingerprint density at radius 1 is 1.33 bits per heavy atom. The topological polar surface area (TPSA) is 74.5 Å². The van der Waals surface area contributed by atoms with Crippen LogP contribution < -0.4 is 5.32 Å². The number of pyridine rings is 1. The summed E-state index contributed by atoms with van der Waals surface area (Å²) in [6, 6.07) is 5.89. The van der Waals surface area contributed by atoms with E-state index in [1.54, 1.807) is 6.20 Å². The molecule has 2 amide bonds. The minimum atomic E-state index is 0.0100. The number of hydrogen-bond acceptors (Lipinski definition) is 5. The van der Waals surface area contributed by atoms with Crippen LogP contribution in [0.5, 0.6) is 0 Å². The molecule has 1 saturated heterocycles. The van der Waals surface area contributed by atoms with Gasteiger partial charge in [-0.15, -0.1) is 0 Å². The minimum absolute atomic E-state index is 0.0100. The first-order valence-corrected chi connectivity index (χ1v) is 8.27. The highest BCUT2D eigenvalue weighted by molar-refractivity contribution is 5.74. The van der Waals surface area contributed by atoms with E-state index in [4.69, 9.17) is 4.52 Å². The lowest BCUT2D eigenvalue weighted by molar-refractivity contribution is 0.133. The van der Waals surface area contributed by atoms with E-state index in [-0.39, 0.29) is 6.03 Å². The third-order valence-electron chi connectivity index (χ3n) is 4.13. The molecule has 0 aliphatic carbocycles. The maximum atomic E-state index is 12.2. The summed E-state index contributed by atoms with van der Waals surface area (Å²) < 4.78 is 5.09. The first-order valence-electron chi connectivity index (χ1n) is 8.27. The third kappa shape index (κ3) is 4.55. The van der Waals surface area contributed by atoms with Crippen molar-refractivity contribution in [2.45, 2.75) is 19.9 Å². The molecule has 7 heteroatoms. The second-order valence-corrected chi connectivity index (χ2v) is 6.04. The van der Waals surface area contributed by atoms with Crippen LogP contribution in [0.25, 0.3) is 0 Å². The Hall–Kier alpha value is -2.41. The Morgan fingerprint density at radius 2 is 2.17 bits per heavy atom. The maximum Gasteiger partial charge on any atom is 0.317 e. The van der Waals surface area contributed by atoms with E-state index in [1.807, 2.05) is 36.2 Å². The lowest BCUT2D eigenvalue weighted by atomic mass is 10.2. The van der Waals surface area contributed by atoms with Crippen LogP contribution in [0.15, 0.2) is 35.1 Å². The van der Waals surface area contributed by atoms with Gasteiger partial charge in [0.2, 0.25) is 0 Å². The number of amides is 2. The lowest BCUT2D eigenvalue weighted by Gasteiger charge is -2.34. The van der Waals surface area contributed by atoms with Gasteiger partial charge in [-0.25, -0.2) is 4.79 Å². The van der Waals surface area contributed by atoms with Gasteiger partial charge in [-0.3, -0.25) is 9.88 Å². The van der Waals surface area contributed by atoms with Gasteiger partial charge in [0.15, 0.2) is 0 Å². The van der Waals surface area contributed by atoms with E-state index in [0.29, 0.717) is 6.54 Å². The fourth-order valence-electron chi connectivity index (χ4n) is 2.80. The summed E-state index contributed by atoms with van der Waals surface area (Å²) in [5.41, 5.74) is 2.08. The molecule has 3 rings (SSSR count). The Labute approximate surface area is 141 Å². The molecule has 1 aliphatic heterocycles. The first kappa shape index (κ1) is 16.4. The molecular formula is C17H23N5O2. The predicted octanol–water partition coefficient (Wildman–Crippen LogP) is 1.45. The van der Waals surface area contributed by atoms with Gasteiger partial charge in [-0.05, 0) is 25.0 Å². The number of rotatable bonds is 5. The zero-order chi connectivity index (χ0) is 16.8. The van der Waals surface area contributed by atoms with Gasteiger partial charge in [-0.2, -0.15) is 0 Å². The van der Waals surface area contributed by atoms with Gasteiger partial charge < -0.3 is 14.7 Å². The van der Waals surface area contributed by atoms with Crippen molar-refractivity contribution in [3.05, 3.63) is 47.6 Å². The Morgan fingerprint density at radius 3 is 2.83 bits per heavy atom. The van der Waals surface area contributed by atoms with Crippen molar-refractivity contribution >= 4 is 6.03 Å². The van der Waals surface area contributed by atoms with Gasteiger partial charge in [0.25, 0.3) is 0 Å². The number of nitrogens with one attached hydrogen (secondary N) is 1. The van der Waals surface area contributed by atoms with E-state index in [1.165, 1.54) is 0 Å².